The third-order valence-corrected chi connectivity index (χ3v) is 7.18. The van der Waals surface area contributed by atoms with Crippen LogP contribution in [0.3, 0.4) is 0 Å². The number of rotatable bonds is 2. The first-order valence-electron chi connectivity index (χ1n) is 11.3. The average molecular weight is 415 g/mol. The second-order valence-corrected chi connectivity index (χ2v) is 9.47. The monoisotopic (exact) mass is 414 g/mol. The Balaban J connectivity index is 1.52. The minimum Gasteiger partial charge on any atom is -0.336 e. The van der Waals surface area contributed by atoms with Crippen LogP contribution in [0.1, 0.15) is 32.4 Å². The highest BCUT2D eigenvalue weighted by Crippen LogP contribution is 2.44. The molecule has 0 amide bonds. The normalized spacial score (nSPS) is 17.0. The quantitative estimate of drug-likeness (QED) is 0.285. The van der Waals surface area contributed by atoms with Gasteiger partial charge in [0.2, 0.25) is 0 Å². The Hall–Kier alpha value is -3.65. The molecule has 0 saturated heterocycles. The SMILES string of the molecule is C[C@H]1n2c3ccc(-c4ccc(-c5ccccc5)cn4)cc3c3cccc(c32)C=CC1(C)C. The molecule has 3 heterocycles. The maximum absolute atomic E-state index is 4.80. The number of pyridine rings is 1. The molecule has 2 nitrogen and oxygen atoms in total. The fraction of sp³-hybridized carbons (Fsp3) is 0.167. The van der Waals surface area contributed by atoms with Gasteiger partial charge in [-0.05, 0) is 36.2 Å². The third-order valence-electron chi connectivity index (χ3n) is 7.18. The van der Waals surface area contributed by atoms with E-state index < -0.39 is 0 Å². The van der Waals surface area contributed by atoms with Crippen LogP contribution in [-0.4, -0.2) is 9.55 Å². The van der Waals surface area contributed by atoms with Gasteiger partial charge in [-0.2, -0.15) is 0 Å². The number of benzene rings is 3. The highest BCUT2D eigenvalue weighted by atomic mass is 15.0. The molecule has 0 bridgehead atoms. The summed E-state index contributed by atoms with van der Waals surface area (Å²) in [5.74, 6) is 0. The van der Waals surface area contributed by atoms with Crippen LogP contribution < -0.4 is 0 Å². The van der Waals surface area contributed by atoms with Crippen LogP contribution in [-0.2, 0) is 0 Å². The van der Waals surface area contributed by atoms with Crippen molar-refractivity contribution in [3.05, 3.63) is 96.7 Å². The van der Waals surface area contributed by atoms with E-state index in [9.17, 15) is 0 Å². The van der Waals surface area contributed by atoms with E-state index in [1.54, 1.807) is 0 Å². The summed E-state index contributed by atoms with van der Waals surface area (Å²) in [5.41, 5.74) is 8.49. The Kier molecular flexibility index (Phi) is 4.13. The largest absolute Gasteiger partial charge is 0.336 e. The van der Waals surface area contributed by atoms with Crippen molar-refractivity contribution in [1.29, 1.82) is 0 Å². The van der Waals surface area contributed by atoms with Gasteiger partial charge in [0.15, 0.2) is 0 Å². The second-order valence-electron chi connectivity index (χ2n) is 9.47. The molecule has 5 aromatic rings. The Morgan fingerprint density at radius 3 is 2.38 bits per heavy atom. The summed E-state index contributed by atoms with van der Waals surface area (Å²) in [4.78, 5) is 4.80. The van der Waals surface area contributed by atoms with Crippen LogP contribution >= 0.6 is 0 Å². The molecule has 156 valence electrons. The molecule has 0 N–H and O–H groups in total. The molecule has 1 aliphatic heterocycles. The van der Waals surface area contributed by atoms with E-state index in [0.29, 0.717) is 6.04 Å². The van der Waals surface area contributed by atoms with Crippen LogP contribution in [0.15, 0.2) is 91.1 Å². The second kappa shape index (κ2) is 6.93. The van der Waals surface area contributed by atoms with Crippen molar-refractivity contribution in [3.8, 4) is 22.4 Å². The summed E-state index contributed by atoms with van der Waals surface area (Å²) in [6.07, 6.45) is 6.63. The number of nitrogens with zero attached hydrogens (tertiary/aromatic N) is 2. The summed E-state index contributed by atoms with van der Waals surface area (Å²) in [6.45, 7) is 6.98. The molecule has 2 aromatic heterocycles. The van der Waals surface area contributed by atoms with E-state index in [0.717, 1.165) is 16.8 Å². The van der Waals surface area contributed by atoms with Crippen molar-refractivity contribution in [3.63, 3.8) is 0 Å². The van der Waals surface area contributed by atoms with E-state index in [1.165, 1.54) is 32.9 Å². The maximum atomic E-state index is 4.80. The zero-order chi connectivity index (χ0) is 21.9. The van der Waals surface area contributed by atoms with Gasteiger partial charge < -0.3 is 4.57 Å². The molecule has 0 fully saturated rings. The van der Waals surface area contributed by atoms with Crippen molar-refractivity contribution in [2.45, 2.75) is 26.8 Å². The van der Waals surface area contributed by atoms with Gasteiger partial charge in [0, 0.05) is 45.1 Å². The van der Waals surface area contributed by atoms with E-state index >= 15 is 0 Å². The number of para-hydroxylation sites is 1. The summed E-state index contributed by atoms with van der Waals surface area (Å²) in [7, 11) is 0. The van der Waals surface area contributed by atoms with Gasteiger partial charge in [-0.3, -0.25) is 4.98 Å². The van der Waals surface area contributed by atoms with Crippen molar-refractivity contribution >= 4 is 27.9 Å². The van der Waals surface area contributed by atoms with Crippen LogP contribution in [0.25, 0.3) is 50.3 Å². The molecule has 0 unspecified atom stereocenters. The minimum absolute atomic E-state index is 0.0748. The lowest BCUT2D eigenvalue weighted by molar-refractivity contribution is 0.321. The first kappa shape index (κ1) is 19.1. The van der Waals surface area contributed by atoms with Gasteiger partial charge in [-0.15, -0.1) is 0 Å². The molecular formula is C30H26N2. The van der Waals surface area contributed by atoms with Crippen LogP contribution in [0, 0.1) is 5.41 Å². The summed E-state index contributed by atoms with van der Waals surface area (Å²) < 4.78 is 2.54. The average Bonchev–Trinajstić information content (AvgIpc) is 3.12. The number of aromatic nitrogens is 2. The van der Waals surface area contributed by atoms with Crippen molar-refractivity contribution in [1.82, 2.24) is 9.55 Å². The molecule has 1 aliphatic rings. The van der Waals surface area contributed by atoms with Crippen molar-refractivity contribution in [2.75, 3.05) is 0 Å². The van der Waals surface area contributed by atoms with E-state index in [1.807, 2.05) is 12.3 Å². The van der Waals surface area contributed by atoms with Gasteiger partial charge in [0.1, 0.15) is 0 Å². The summed E-state index contributed by atoms with van der Waals surface area (Å²) in [6, 6.07) is 28.5. The fourth-order valence-corrected chi connectivity index (χ4v) is 4.97. The molecule has 3 aromatic carbocycles. The molecule has 32 heavy (non-hydrogen) atoms. The van der Waals surface area contributed by atoms with Crippen LogP contribution in [0.2, 0.25) is 0 Å². The Labute approximate surface area is 188 Å². The van der Waals surface area contributed by atoms with Gasteiger partial charge in [-0.25, -0.2) is 0 Å². The van der Waals surface area contributed by atoms with E-state index in [4.69, 9.17) is 4.98 Å². The smallest absolute Gasteiger partial charge is 0.0702 e. The number of hydrogen-bond acceptors (Lipinski definition) is 1. The van der Waals surface area contributed by atoms with Gasteiger partial charge >= 0.3 is 0 Å². The van der Waals surface area contributed by atoms with Gasteiger partial charge in [0.05, 0.1) is 11.2 Å². The Bertz CT molecular complexity index is 1490. The predicted molar refractivity (Wildman–Crippen MR) is 136 cm³/mol. The predicted octanol–water partition coefficient (Wildman–Crippen LogP) is 8.14. The molecule has 2 heteroatoms. The minimum atomic E-state index is 0.0748. The molecule has 0 spiro atoms. The lowest BCUT2D eigenvalue weighted by atomic mass is 9.85. The Morgan fingerprint density at radius 2 is 1.59 bits per heavy atom. The third kappa shape index (κ3) is 2.83. The zero-order valence-electron chi connectivity index (χ0n) is 18.7. The van der Waals surface area contributed by atoms with E-state index in [2.05, 4.69) is 110 Å². The number of hydrogen-bond donors (Lipinski definition) is 0. The molecular weight excluding hydrogens is 388 g/mol. The molecule has 6 rings (SSSR count). The van der Waals surface area contributed by atoms with E-state index in [-0.39, 0.29) is 5.41 Å². The van der Waals surface area contributed by atoms with Crippen LogP contribution in [0.4, 0.5) is 0 Å². The van der Waals surface area contributed by atoms with Crippen molar-refractivity contribution < 1.29 is 0 Å². The fourth-order valence-electron chi connectivity index (χ4n) is 4.97. The molecule has 0 radical (unpaired) electrons. The molecule has 1 atom stereocenters. The number of fused-ring (bicyclic) bond motifs is 3. The lowest BCUT2D eigenvalue weighted by Crippen LogP contribution is -2.21. The summed E-state index contributed by atoms with van der Waals surface area (Å²) >= 11 is 0. The van der Waals surface area contributed by atoms with Crippen molar-refractivity contribution in [2.24, 2.45) is 5.41 Å². The van der Waals surface area contributed by atoms with Crippen LogP contribution in [0.5, 0.6) is 0 Å². The molecule has 0 saturated carbocycles. The number of allylic oxidation sites excluding steroid dienone is 1. The Morgan fingerprint density at radius 1 is 0.781 bits per heavy atom. The van der Waals surface area contributed by atoms with Gasteiger partial charge in [-0.1, -0.05) is 86.7 Å². The summed E-state index contributed by atoms with van der Waals surface area (Å²) in [5, 5.41) is 2.61. The maximum Gasteiger partial charge on any atom is 0.0702 e. The molecule has 0 aliphatic carbocycles. The lowest BCUT2D eigenvalue weighted by Gasteiger charge is -2.30. The topological polar surface area (TPSA) is 17.8 Å². The standard InChI is InChI=1S/C30H26N2/c1-20-30(2,3)17-16-22-10-7-11-25-26-18-23(13-15-28(26)32(20)29(22)25)27-14-12-24(19-31-27)21-8-5-4-6-9-21/h4-20H,1-3H3/t20-/m1/s1. The first-order chi connectivity index (χ1) is 15.5. The van der Waals surface area contributed by atoms with Gasteiger partial charge in [0.25, 0.3) is 0 Å². The highest BCUT2D eigenvalue weighted by Gasteiger charge is 2.30. The highest BCUT2D eigenvalue weighted by molar-refractivity contribution is 6.11. The zero-order valence-corrected chi connectivity index (χ0v) is 18.7. The first-order valence-corrected chi connectivity index (χ1v) is 11.3.